The van der Waals surface area contributed by atoms with Crippen LogP contribution in [0.4, 0.5) is 5.69 Å². The van der Waals surface area contributed by atoms with Crippen LogP contribution in [0.1, 0.15) is 59.2 Å². The Balaban J connectivity index is 1.33. The molecule has 44 heavy (non-hydrogen) atoms. The number of carbonyl (C=O) groups is 2. The van der Waals surface area contributed by atoms with E-state index in [0.29, 0.717) is 30.2 Å². The minimum atomic E-state index is -0.0183. The van der Waals surface area contributed by atoms with E-state index < -0.39 is 0 Å². The summed E-state index contributed by atoms with van der Waals surface area (Å²) < 4.78 is 5.70. The first-order chi connectivity index (χ1) is 21.5. The molecule has 3 aliphatic rings. The highest BCUT2D eigenvalue weighted by Crippen LogP contribution is 2.36. The standard InChI is InChI=1S/C36H43ClN4O3/c1-44-34-15-13-29(22-31(34)25-38-16-5-6-17-38)35(42)40-21-20-39(24-27-8-3-2-4-9-27)18-7-19-41(36(43)28-10-11-28)33-23-32(37)14-12-30(33)26-40/h2-4,8-9,12-15,22-23,28H,5-7,10-11,16-21,24-26H2,1H3. The van der Waals surface area contributed by atoms with Gasteiger partial charge in [-0.15, -0.1) is 0 Å². The third-order valence-corrected chi connectivity index (χ3v) is 9.33. The van der Waals surface area contributed by atoms with Crippen molar-refractivity contribution in [3.8, 4) is 5.75 Å². The second-order valence-corrected chi connectivity index (χ2v) is 12.8. The molecule has 232 valence electrons. The average molecular weight is 615 g/mol. The van der Waals surface area contributed by atoms with Crippen LogP contribution in [0.5, 0.6) is 5.75 Å². The number of ether oxygens (including phenoxy) is 1. The lowest BCUT2D eigenvalue weighted by atomic mass is 10.1. The summed E-state index contributed by atoms with van der Waals surface area (Å²) in [5.74, 6) is 1.05. The van der Waals surface area contributed by atoms with Gasteiger partial charge < -0.3 is 14.5 Å². The number of hydrogen-bond donors (Lipinski definition) is 0. The van der Waals surface area contributed by atoms with E-state index in [1.54, 1.807) is 7.11 Å². The molecule has 1 aliphatic carbocycles. The van der Waals surface area contributed by atoms with E-state index in [1.807, 2.05) is 52.3 Å². The van der Waals surface area contributed by atoms with Crippen molar-refractivity contribution >= 4 is 29.1 Å². The molecule has 0 radical (unpaired) electrons. The first-order valence-electron chi connectivity index (χ1n) is 16.0. The van der Waals surface area contributed by atoms with E-state index in [0.717, 1.165) is 81.1 Å². The average Bonchev–Trinajstić information content (AvgIpc) is 3.77. The summed E-state index contributed by atoms with van der Waals surface area (Å²) in [6.07, 6.45) is 5.12. The van der Waals surface area contributed by atoms with Gasteiger partial charge in [-0.05, 0) is 86.7 Å². The molecule has 1 saturated heterocycles. The summed E-state index contributed by atoms with van der Waals surface area (Å²) in [5, 5.41) is 0.595. The molecule has 7 nitrogen and oxygen atoms in total. The van der Waals surface area contributed by atoms with Crippen LogP contribution in [-0.4, -0.2) is 72.9 Å². The first kappa shape index (κ1) is 30.6. The SMILES string of the molecule is COc1ccc(C(=O)N2CCN(Cc3ccccc3)CCCN(C(=O)C3CC3)c3cc(Cl)ccc3C2)cc1CN1CCCC1. The monoisotopic (exact) mass is 614 g/mol. The van der Waals surface area contributed by atoms with Crippen molar-refractivity contribution in [3.63, 3.8) is 0 Å². The van der Waals surface area contributed by atoms with Gasteiger partial charge in [0.05, 0.1) is 12.8 Å². The van der Waals surface area contributed by atoms with Crippen molar-refractivity contribution in [2.24, 2.45) is 5.92 Å². The molecule has 2 amide bonds. The Hall–Kier alpha value is -3.39. The first-order valence-corrected chi connectivity index (χ1v) is 16.4. The van der Waals surface area contributed by atoms with Crippen molar-refractivity contribution in [3.05, 3.63) is 94.0 Å². The van der Waals surface area contributed by atoms with Crippen LogP contribution in [0.3, 0.4) is 0 Å². The van der Waals surface area contributed by atoms with Gasteiger partial charge >= 0.3 is 0 Å². The number of nitrogens with zero attached hydrogens (tertiary/aromatic N) is 4. The molecule has 0 atom stereocenters. The lowest BCUT2D eigenvalue weighted by Crippen LogP contribution is -2.38. The summed E-state index contributed by atoms with van der Waals surface area (Å²) in [4.78, 5) is 36.7. The molecule has 3 aromatic rings. The van der Waals surface area contributed by atoms with Gasteiger partial charge in [0.2, 0.25) is 5.91 Å². The molecular formula is C36H43ClN4O3. The van der Waals surface area contributed by atoms with Gasteiger partial charge in [-0.2, -0.15) is 0 Å². The highest BCUT2D eigenvalue weighted by atomic mass is 35.5. The smallest absolute Gasteiger partial charge is 0.254 e. The number of methoxy groups -OCH3 is 1. The molecule has 0 bridgehead atoms. The van der Waals surface area contributed by atoms with Crippen molar-refractivity contribution in [1.29, 1.82) is 0 Å². The molecule has 0 N–H and O–H groups in total. The molecule has 2 fully saturated rings. The third-order valence-electron chi connectivity index (χ3n) is 9.09. The largest absolute Gasteiger partial charge is 0.496 e. The number of hydrogen-bond acceptors (Lipinski definition) is 5. The lowest BCUT2D eigenvalue weighted by Gasteiger charge is -2.29. The number of fused-ring (bicyclic) bond motifs is 1. The Morgan fingerprint density at radius 1 is 0.818 bits per heavy atom. The summed E-state index contributed by atoms with van der Waals surface area (Å²) in [6.45, 7) is 6.85. The van der Waals surface area contributed by atoms with Crippen LogP contribution >= 0.6 is 11.6 Å². The number of anilines is 1. The predicted octanol–water partition coefficient (Wildman–Crippen LogP) is 6.24. The Morgan fingerprint density at radius 2 is 1.57 bits per heavy atom. The van der Waals surface area contributed by atoms with E-state index in [-0.39, 0.29) is 17.7 Å². The van der Waals surface area contributed by atoms with E-state index >= 15 is 0 Å². The van der Waals surface area contributed by atoms with Gasteiger partial charge in [0.1, 0.15) is 5.75 Å². The lowest BCUT2D eigenvalue weighted by molar-refractivity contribution is -0.119. The van der Waals surface area contributed by atoms with Crippen LogP contribution in [0, 0.1) is 5.92 Å². The molecule has 8 heteroatoms. The maximum atomic E-state index is 14.4. The quantitative estimate of drug-likeness (QED) is 0.316. The zero-order chi connectivity index (χ0) is 30.5. The van der Waals surface area contributed by atoms with Gasteiger partial charge in [-0.3, -0.25) is 19.4 Å². The molecule has 2 heterocycles. The number of benzene rings is 3. The molecule has 6 rings (SSSR count). The van der Waals surface area contributed by atoms with Crippen LogP contribution in [-0.2, 0) is 24.4 Å². The molecule has 0 spiro atoms. The zero-order valence-corrected chi connectivity index (χ0v) is 26.5. The maximum absolute atomic E-state index is 14.4. The summed E-state index contributed by atoms with van der Waals surface area (Å²) in [6, 6.07) is 22.0. The van der Waals surface area contributed by atoms with Crippen LogP contribution < -0.4 is 9.64 Å². The highest BCUT2D eigenvalue weighted by Gasteiger charge is 2.35. The minimum Gasteiger partial charge on any atom is -0.496 e. The number of amides is 2. The maximum Gasteiger partial charge on any atom is 0.254 e. The van der Waals surface area contributed by atoms with E-state index in [9.17, 15) is 9.59 Å². The Morgan fingerprint density at radius 3 is 2.32 bits per heavy atom. The fraction of sp³-hybridized carbons (Fsp3) is 0.444. The van der Waals surface area contributed by atoms with Crippen molar-refractivity contribution in [2.75, 3.05) is 51.3 Å². The van der Waals surface area contributed by atoms with Crippen molar-refractivity contribution in [1.82, 2.24) is 14.7 Å². The van der Waals surface area contributed by atoms with E-state index in [2.05, 4.69) is 34.1 Å². The topological polar surface area (TPSA) is 56.3 Å². The molecular weight excluding hydrogens is 572 g/mol. The van der Waals surface area contributed by atoms with Gasteiger partial charge in [0.15, 0.2) is 0 Å². The minimum absolute atomic E-state index is 0.0183. The molecule has 3 aromatic carbocycles. The summed E-state index contributed by atoms with van der Waals surface area (Å²) in [7, 11) is 1.69. The summed E-state index contributed by atoms with van der Waals surface area (Å²) >= 11 is 6.52. The second-order valence-electron chi connectivity index (χ2n) is 12.4. The number of rotatable bonds is 7. The van der Waals surface area contributed by atoms with Crippen LogP contribution in [0.25, 0.3) is 0 Å². The fourth-order valence-corrected chi connectivity index (χ4v) is 6.67. The number of likely N-dealkylation sites (tertiary alicyclic amines) is 1. The zero-order valence-electron chi connectivity index (χ0n) is 25.7. The predicted molar refractivity (Wildman–Crippen MR) is 175 cm³/mol. The van der Waals surface area contributed by atoms with Crippen LogP contribution in [0.15, 0.2) is 66.7 Å². The van der Waals surface area contributed by atoms with Gasteiger partial charge in [-0.1, -0.05) is 48.0 Å². The third kappa shape index (κ3) is 7.45. The van der Waals surface area contributed by atoms with Crippen LogP contribution in [0.2, 0.25) is 5.02 Å². The molecule has 1 saturated carbocycles. The Kier molecular flexibility index (Phi) is 9.85. The van der Waals surface area contributed by atoms with Gasteiger partial charge in [0, 0.05) is 67.9 Å². The van der Waals surface area contributed by atoms with Crippen molar-refractivity contribution in [2.45, 2.75) is 51.7 Å². The van der Waals surface area contributed by atoms with E-state index in [1.165, 1.54) is 18.4 Å². The Bertz CT molecular complexity index is 1450. The Labute approximate surface area is 266 Å². The normalized spacial score (nSPS) is 18.5. The number of halogens is 1. The molecule has 0 unspecified atom stereocenters. The van der Waals surface area contributed by atoms with Gasteiger partial charge in [0.25, 0.3) is 5.91 Å². The molecule has 2 aliphatic heterocycles. The van der Waals surface area contributed by atoms with Gasteiger partial charge in [-0.25, -0.2) is 0 Å². The highest BCUT2D eigenvalue weighted by molar-refractivity contribution is 6.31. The fourth-order valence-electron chi connectivity index (χ4n) is 6.51. The van der Waals surface area contributed by atoms with Crippen molar-refractivity contribution < 1.29 is 14.3 Å². The summed E-state index contributed by atoms with van der Waals surface area (Å²) in [5.41, 5.74) is 4.71. The molecule has 0 aromatic heterocycles. The second kappa shape index (κ2) is 14.1. The van der Waals surface area contributed by atoms with E-state index in [4.69, 9.17) is 16.3 Å². The number of carbonyl (C=O) groups excluding carboxylic acids is 2.